The summed E-state index contributed by atoms with van der Waals surface area (Å²) in [7, 11) is 0. The summed E-state index contributed by atoms with van der Waals surface area (Å²) in [5, 5.41) is 14.1. The Labute approximate surface area is 181 Å². The Balaban J connectivity index is 1.21. The maximum atomic E-state index is 12.9. The van der Waals surface area contributed by atoms with Crippen LogP contribution in [0.25, 0.3) is 22.0 Å². The van der Waals surface area contributed by atoms with Crippen LogP contribution in [0, 0.1) is 5.92 Å². The predicted molar refractivity (Wildman–Crippen MR) is 123 cm³/mol. The first-order valence-corrected chi connectivity index (χ1v) is 10.6. The van der Waals surface area contributed by atoms with Gasteiger partial charge in [-0.3, -0.25) is 9.78 Å². The van der Waals surface area contributed by atoms with E-state index in [9.17, 15) is 4.79 Å². The van der Waals surface area contributed by atoms with Crippen molar-refractivity contribution in [3.8, 4) is 11.3 Å². The van der Waals surface area contributed by atoms with Crippen LogP contribution in [0.15, 0.2) is 79.1 Å². The Kier molecular flexibility index (Phi) is 5.27. The molecule has 0 atom stereocenters. The highest BCUT2D eigenvalue weighted by Gasteiger charge is 2.26. The van der Waals surface area contributed by atoms with Crippen molar-refractivity contribution in [3.63, 3.8) is 0 Å². The third-order valence-electron chi connectivity index (χ3n) is 5.85. The molecular weight excluding hydrogens is 386 g/mol. The zero-order valence-electron chi connectivity index (χ0n) is 17.1. The van der Waals surface area contributed by atoms with E-state index in [0.717, 1.165) is 59.5 Å². The first-order valence-electron chi connectivity index (χ1n) is 10.6. The van der Waals surface area contributed by atoms with Crippen molar-refractivity contribution in [1.82, 2.24) is 15.2 Å². The lowest BCUT2D eigenvalue weighted by Crippen LogP contribution is -2.38. The van der Waals surface area contributed by atoms with Crippen LogP contribution in [-0.2, 0) is 4.79 Å². The average molecular weight is 409 g/mol. The van der Waals surface area contributed by atoms with Gasteiger partial charge in [0.25, 0.3) is 0 Å². The number of piperidine rings is 1. The number of anilines is 2. The number of fused-ring (bicyclic) bond motifs is 1. The number of carbonyl (C=O) groups excluding carboxylic acids is 1. The Bertz CT molecular complexity index is 1180. The van der Waals surface area contributed by atoms with Gasteiger partial charge in [0.05, 0.1) is 5.69 Å². The molecule has 1 saturated heterocycles. The fourth-order valence-corrected chi connectivity index (χ4v) is 4.10. The van der Waals surface area contributed by atoms with E-state index in [1.165, 1.54) is 0 Å². The van der Waals surface area contributed by atoms with Gasteiger partial charge in [0.2, 0.25) is 5.91 Å². The fraction of sp³-hybridized carbons (Fsp3) is 0.200. The van der Waals surface area contributed by atoms with Crippen molar-refractivity contribution in [1.29, 1.82) is 0 Å². The molecule has 1 amide bonds. The smallest absolute Gasteiger partial charge is 0.227 e. The summed E-state index contributed by atoms with van der Waals surface area (Å²) in [5.41, 5.74) is 2.63. The molecule has 0 unspecified atom stereocenters. The van der Waals surface area contributed by atoms with E-state index >= 15 is 0 Å². The molecule has 0 spiro atoms. The molecule has 1 aliphatic rings. The second-order valence-corrected chi connectivity index (χ2v) is 7.80. The van der Waals surface area contributed by atoms with Crippen LogP contribution in [0.2, 0.25) is 0 Å². The van der Waals surface area contributed by atoms with Crippen molar-refractivity contribution in [3.05, 3.63) is 79.1 Å². The van der Waals surface area contributed by atoms with Crippen molar-refractivity contribution >= 4 is 28.2 Å². The number of carbonyl (C=O) groups is 1. The maximum Gasteiger partial charge on any atom is 0.227 e. The minimum absolute atomic E-state index is 0.00200. The standard InChI is InChI=1S/C25H23N5O/c31-25(27-23-9-3-6-18-5-1-2-8-21(18)23)19-12-15-30(16-13-19)24-11-10-22(28-29-24)20-7-4-14-26-17-20/h1-11,14,17,19H,12-13,15-16H2,(H,27,31). The van der Waals surface area contributed by atoms with Crippen LogP contribution < -0.4 is 10.2 Å². The lowest BCUT2D eigenvalue weighted by atomic mass is 9.95. The number of aromatic nitrogens is 3. The van der Waals surface area contributed by atoms with Crippen molar-refractivity contribution in [2.75, 3.05) is 23.3 Å². The summed E-state index contributed by atoms with van der Waals surface area (Å²) in [4.78, 5) is 19.2. The summed E-state index contributed by atoms with van der Waals surface area (Å²) in [6, 6.07) is 21.9. The van der Waals surface area contributed by atoms with Crippen molar-refractivity contribution < 1.29 is 4.79 Å². The van der Waals surface area contributed by atoms with Crippen LogP contribution in [0.3, 0.4) is 0 Å². The van der Waals surface area contributed by atoms with Gasteiger partial charge in [0.15, 0.2) is 5.82 Å². The first kappa shape index (κ1) is 19.2. The van der Waals surface area contributed by atoms with E-state index in [2.05, 4.69) is 37.5 Å². The molecule has 1 N–H and O–H groups in total. The Morgan fingerprint density at radius 3 is 2.52 bits per heavy atom. The third-order valence-corrected chi connectivity index (χ3v) is 5.85. The van der Waals surface area contributed by atoms with Crippen molar-refractivity contribution in [2.24, 2.45) is 5.92 Å². The second-order valence-electron chi connectivity index (χ2n) is 7.80. The van der Waals surface area contributed by atoms with Gasteiger partial charge in [-0.15, -0.1) is 10.2 Å². The SMILES string of the molecule is O=C(Nc1cccc2ccccc12)C1CCN(c2ccc(-c3cccnc3)nn2)CC1. The Morgan fingerprint density at radius 2 is 1.74 bits per heavy atom. The van der Waals surface area contributed by atoms with Gasteiger partial charge in [-0.2, -0.15) is 0 Å². The number of pyridine rings is 1. The number of benzene rings is 2. The van der Waals surface area contributed by atoms with Crippen LogP contribution in [0.4, 0.5) is 11.5 Å². The van der Waals surface area contributed by atoms with E-state index in [1.54, 1.807) is 12.4 Å². The van der Waals surface area contributed by atoms with Crippen LogP contribution >= 0.6 is 0 Å². The molecule has 0 aliphatic carbocycles. The normalized spacial score (nSPS) is 14.5. The van der Waals surface area contributed by atoms with Gasteiger partial charge in [0, 0.05) is 48.0 Å². The predicted octanol–water partition coefficient (Wildman–Crippen LogP) is 4.55. The van der Waals surface area contributed by atoms with Gasteiger partial charge in [-0.1, -0.05) is 36.4 Å². The molecule has 6 heteroatoms. The molecule has 0 saturated carbocycles. The minimum atomic E-state index is -0.00200. The largest absolute Gasteiger partial charge is 0.355 e. The molecule has 0 bridgehead atoms. The number of hydrogen-bond acceptors (Lipinski definition) is 5. The molecule has 154 valence electrons. The monoisotopic (exact) mass is 409 g/mol. The van der Waals surface area contributed by atoms with Crippen LogP contribution in [0.1, 0.15) is 12.8 Å². The van der Waals surface area contributed by atoms with Gasteiger partial charge in [0.1, 0.15) is 0 Å². The van der Waals surface area contributed by atoms with Gasteiger partial charge in [-0.25, -0.2) is 0 Å². The first-order chi connectivity index (χ1) is 15.3. The molecule has 5 rings (SSSR count). The number of nitrogens with zero attached hydrogens (tertiary/aromatic N) is 4. The maximum absolute atomic E-state index is 12.9. The molecular formula is C25H23N5O. The molecule has 2 aromatic carbocycles. The van der Waals surface area contributed by atoms with E-state index in [0.29, 0.717) is 0 Å². The summed E-state index contributed by atoms with van der Waals surface area (Å²) >= 11 is 0. The molecule has 31 heavy (non-hydrogen) atoms. The molecule has 4 aromatic rings. The number of rotatable bonds is 4. The van der Waals surface area contributed by atoms with Gasteiger partial charge >= 0.3 is 0 Å². The summed E-state index contributed by atoms with van der Waals surface area (Å²) < 4.78 is 0. The quantitative estimate of drug-likeness (QED) is 0.536. The molecule has 0 radical (unpaired) electrons. The number of hydrogen-bond donors (Lipinski definition) is 1. The Hall–Kier alpha value is -3.80. The summed E-state index contributed by atoms with van der Waals surface area (Å²) in [5.74, 6) is 0.937. The highest BCUT2D eigenvalue weighted by molar-refractivity contribution is 6.02. The number of nitrogens with one attached hydrogen (secondary N) is 1. The van der Waals surface area contributed by atoms with E-state index < -0.39 is 0 Å². The Morgan fingerprint density at radius 1 is 0.903 bits per heavy atom. The average Bonchev–Trinajstić information content (AvgIpc) is 2.85. The lowest BCUT2D eigenvalue weighted by molar-refractivity contribution is -0.120. The molecule has 3 heterocycles. The highest BCUT2D eigenvalue weighted by atomic mass is 16.1. The summed E-state index contributed by atoms with van der Waals surface area (Å²) in [6.45, 7) is 1.57. The fourth-order valence-electron chi connectivity index (χ4n) is 4.10. The molecule has 1 aliphatic heterocycles. The highest BCUT2D eigenvalue weighted by Crippen LogP contribution is 2.27. The van der Waals surface area contributed by atoms with E-state index in [-0.39, 0.29) is 11.8 Å². The zero-order chi connectivity index (χ0) is 21.0. The van der Waals surface area contributed by atoms with E-state index in [4.69, 9.17) is 0 Å². The number of amides is 1. The zero-order valence-corrected chi connectivity index (χ0v) is 17.1. The van der Waals surface area contributed by atoms with Crippen molar-refractivity contribution in [2.45, 2.75) is 12.8 Å². The van der Waals surface area contributed by atoms with Gasteiger partial charge in [-0.05, 0) is 48.6 Å². The van der Waals surface area contributed by atoms with Crippen LogP contribution in [-0.4, -0.2) is 34.2 Å². The molecule has 2 aromatic heterocycles. The topological polar surface area (TPSA) is 71.0 Å². The molecule has 1 fully saturated rings. The van der Waals surface area contributed by atoms with Gasteiger partial charge < -0.3 is 10.2 Å². The van der Waals surface area contributed by atoms with Crippen LogP contribution in [0.5, 0.6) is 0 Å². The summed E-state index contributed by atoms with van der Waals surface area (Å²) in [6.07, 6.45) is 5.11. The third kappa shape index (κ3) is 4.10. The minimum Gasteiger partial charge on any atom is -0.355 e. The second kappa shape index (κ2) is 8.52. The molecule has 6 nitrogen and oxygen atoms in total. The van der Waals surface area contributed by atoms with E-state index in [1.807, 2.05) is 54.6 Å². The lowest BCUT2D eigenvalue weighted by Gasteiger charge is -2.31.